The van der Waals surface area contributed by atoms with Crippen molar-refractivity contribution < 1.29 is 9.53 Å². The van der Waals surface area contributed by atoms with Crippen LogP contribution in [0.2, 0.25) is 0 Å². The number of rotatable bonds is 3. The van der Waals surface area contributed by atoms with Gasteiger partial charge >= 0.3 is 5.97 Å². The highest BCUT2D eigenvalue weighted by Gasteiger charge is 2.25. The van der Waals surface area contributed by atoms with Crippen molar-refractivity contribution in [1.82, 2.24) is 5.32 Å². The molecule has 1 aliphatic rings. The second-order valence-corrected chi connectivity index (χ2v) is 4.32. The van der Waals surface area contributed by atoms with Crippen LogP contribution in [0.25, 0.3) is 0 Å². The second-order valence-electron chi connectivity index (χ2n) is 4.32. The van der Waals surface area contributed by atoms with E-state index in [0.29, 0.717) is 6.61 Å². The second kappa shape index (κ2) is 4.66. The molecular formula is C13H17NO2. The van der Waals surface area contributed by atoms with E-state index in [0.717, 1.165) is 13.0 Å². The van der Waals surface area contributed by atoms with Crippen molar-refractivity contribution >= 4 is 5.97 Å². The molecule has 0 amide bonds. The Balaban J connectivity index is 1.96. The first-order valence-corrected chi connectivity index (χ1v) is 5.63. The Hall–Kier alpha value is -1.35. The van der Waals surface area contributed by atoms with Crippen LogP contribution in [0.3, 0.4) is 0 Å². The molecule has 3 heteroatoms. The molecule has 0 radical (unpaired) electrons. The summed E-state index contributed by atoms with van der Waals surface area (Å²) in [6.45, 7) is 5.45. The summed E-state index contributed by atoms with van der Waals surface area (Å²) >= 11 is 0. The third-order valence-electron chi connectivity index (χ3n) is 2.97. The Morgan fingerprint density at radius 1 is 1.44 bits per heavy atom. The summed E-state index contributed by atoms with van der Waals surface area (Å²) in [4.78, 5) is 11.2. The summed E-state index contributed by atoms with van der Waals surface area (Å²) in [7, 11) is 0. The minimum atomic E-state index is -0.124. The zero-order valence-corrected chi connectivity index (χ0v) is 9.75. The number of aryl methyl sites for hydroxylation is 2. The predicted molar refractivity (Wildman–Crippen MR) is 62.1 cm³/mol. The number of ether oxygens (including phenoxy) is 1. The molecule has 86 valence electrons. The lowest BCUT2D eigenvalue weighted by atomic mass is 10.1. The molecule has 1 unspecified atom stereocenters. The third kappa shape index (κ3) is 2.42. The minimum absolute atomic E-state index is 0.121. The molecule has 1 fully saturated rings. The highest BCUT2D eigenvalue weighted by molar-refractivity contribution is 5.77. The van der Waals surface area contributed by atoms with Crippen molar-refractivity contribution in [3.63, 3.8) is 0 Å². The largest absolute Gasteiger partial charge is 0.464 e. The van der Waals surface area contributed by atoms with Gasteiger partial charge in [0.25, 0.3) is 0 Å². The van der Waals surface area contributed by atoms with E-state index in [1.165, 1.54) is 16.7 Å². The number of hydrogen-bond acceptors (Lipinski definition) is 3. The average Bonchev–Trinajstić information content (AvgIpc) is 2.63. The van der Waals surface area contributed by atoms with Gasteiger partial charge in [-0.05, 0) is 25.0 Å². The molecule has 0 aliphatic carbocycles. The topological polar surface area (TPSA) is 38.3 Å². The number of carbonyl (C=O) groups excluding carboxylic acids is 1. The lowest BCUT2D eigenvalue weighted by Crippen LogP contribution is -2.32. The maximum absolute atomic E-state index is 11.2. The molecule has 0 bridgehead atoms. The van der Waals surface area contributed by atoms with Gasteiger partial charge in [-0.25, -0.2) is 0 Å². The smallest absolute Gasteiger partial charge is 0.323 e. The predicted octanol–water partition coefficient (Wildman–Crippen LogP) is 1.71. The third-order valence-corrected chi connectivity index (χ3v) is 2.97. The number of hydrogen-bond donors (Lipinski definition) is 1. The molecule has 16 heavy (non-hydrogen) atoms. The standard InChI is InChI=1S/C13H17NO2/c1-9-3-4-11(10(2)7-9)8-14-12-5-6-16-13(12)15/h3-4,7,12,14H,5-6,8H2,1-2H3. The van der Waals surface area contributed by atoms with Gasteiger partial charge in [-0.1, -0.05) is 23.8 Å². The maximum Gasteiger partial charge on any atom is 0.323 e. The van der Waals surface area contributed by atoms with Crippen LogP contribution in [0.4, 0.5) is 0 Å². The zero-order valence-electron chi connectivity index (χ0n) is 9.75. The SMILES string of the molecule is Cc1ccc(CNC2CCOC2=O)c(C)c1. The molecule has 1 atom stereocenters. The lowest BCUT2D eigenvalue weighted by molar-refractivity contribution is -0.139. The van der Waals surface area contributed by atoms with Crippen LogP contribution >= 0.6 is 0 Å². The van der Waals surface area contributed by atoms with Gasteiger partial charge in [0.2, 0.25) is 0 Å². The molecule has 1 aromatic rings. The fourth-order valence-corrected chi connectivity index (χ4v) is 1.96. The normalized spacial score (nSPS) is 19.9. The van der Waals surface area contributed by atoms with E-state index in [1.54, 1.807) is 0 Å². The van der Waals surface area contributed by atoms with E-state index < -0.39 is 0 Å². The van der Waals surface area contributed by atoms with Crippen LogP contribution in [-0.2, 0) is 16.1 Å². The molecule has 2 rings (SSSR count). The van der Waals surface area contributed by atoms with E-state index >= 15 is 0 Å². The van der Waals surface area contributed by atoms with Crippen molar-refractivity contribution in [3.05, 3.63) is 34.9 Å². The molecule has 1 saturated heterocycles. The maximum atomic E-state index is 11.2. The molecule has 0 saturated carbocycles. The summed E-state index contributed by atoms with van der Waals surface area (Å²) in [5.41, 5.74) is 3.77. The van der Waals surface area contributed by atoms with Crippen LogP contribution in [0, 0.1) is 13.8 Å². The van der Waals surface area contributed by atoms with Gasteiger partial charge in [-0.3, -0.25) is 4.79 Å². The molecule has 0 aromatic heterocycles. The van der Waals surface area contributed by atoms with Crippen LogP contribution in [-0.4, -0.2) is 18.6 Å². The number of carbonyl (C=O) groups is 1. The van der Waals surface area contributed by atoms with E-state index in [-0.39, 0.29) is 12.0 Å². The van der Waals surface area contributed by atoms with Crippen molar-refractivity contribution in [2.24, 2.45) is 0 Å². The lowest BCUT2D eigenvalue weighted by Gasteiger charge is -2.11. The van der Waals surface area contributed by atoms with Crippen molar-refractivity contribution in [1.29, 1.82) is 0 Å². The fraction of sp³-hybridized carbons (Fsp3) is 0.462. The molecule has 1 heterocycles. The van der Waals surface area contributed by atoms with Gasteiger partial charge in [0.05, 0.1) is 6.61 Å². The monoisotopic (exact) mass is 219 g/mol. The van der Waals surface area contributed by atoms with Crippen molar-refractivity contribution in [3.8, 4) is 0 Å². The first-order chi connectivity index (χ1) is 7.66. The van der Waals surface area contributed by atoms with E-state index in [9.17, 15) is 4.79 Å². The molecule has 1 aliphatic heterocycles. The van der Waals surface area contributed by atoms with E-state index in [4.69, 9.17) is 4.74 Å². The molecular weight excluding hydrogens is 202 g/mol. The average molecular weight is 219 g/mol. The Labute approximate surface area is 95.8 Å². The van der Waals surface area contributed by atoms with E-state index in [1.807, 2.05) is 0 Å². The number of cyclic esters (lactones) is 1. The highest BCUT2D eigenvalue weighted by Crippen LogP contribution is 2.12. The molecule has 1 N–H and O–H groups in total. The number of nitrogens with one attached hydrogen (secondary N) is 1. The number of benzene rings is 1. The Morgan fingerprint density at radius 3 is 2.88 bits per heavy atom. The summed E-state index contributed by atoms with van der Waals surface area (Å²) in [5, 5.41) is 3.23. The summed E-state index contributed by atoms with van der Waals surface area (Å²) in [6.07, 6.45) is 0.781. The first kappa shape index (κ1) is 11.1. The zero-order chi connectivity index (χ0) is 11.5. The van der Waals surface area contributed by atoms with Gasteiger partial charge < -0.3 is 10.1 Å². The van der Waals surface area contributed by atoms with Gasteiger partial charge in [0.1, 0.15) is 6.04 Å². The molecule has 0 spiro atoms. The Morgan fingerprint density at radius 2 is 2.25 bits per heavy atom. The van der Waals surface area contributed by atoms with Gasteiger partial charge in [-0.2, -0.15) is 0 Å². The van der Waals surface area contributed by atoms with Crippen LogP contribution in [0.15, 0.2) is 18.2 Å². The summed E-state index contributed by atoms with van der Waals surface area (Å²) in [5.74, 6) is -0.121. The minimum Gasteiger partial charge on any atom is -0.464 e. The van der Waals surface area contributed by atoms with Crippen molar-refractivity contribution in [2.75, 3.05) is 6.61 Å². The van der Waals surface area contributed by atoms with Gasteiger partial charge in [-0.15, -0.1) is 0 Å². The van der Waals surface area contributed by atoms with Gasteiger partial charge in [0.15, 0.2) is 0 Å². The van der Waals surface area contributed by atoms with Crippen LogP contribution < -0.4 is 5.32 Å². The Kier molecular flexibility index (Phi) is 3.25. The van der Waals surface area contributed by atoms with E-state index in [2.05, 4.69) is 37.4 Å². The summed E-state index contributed by atoms with van der Waals surface area (Å²) < 4.78 is 4.90. The quantitative estimate of drug-likeness (QED) is 0.786. The first-order valence-electron chi connectivity index (χ1n) is 5.63. The van der Waals surface area contributed by atoms with Crippen LogP contribution in [0.5, 0.6) is 0 Å². The van der Waals surface area contributed by atoms with Gasteiger partial charge in [0, 0.05) is 13.0 Å². The fourth-order valence-electron chi connectivity index (χ4n) is 1.96. The highest BCUT2D eigenvalue weighted by atomic mass is 16.5. The number of esters is 1. The van der Waals surface area contributed by atoms with Crippen LogP contribution in [0.1, 0.15) is 23.1 Å². The summed E-state index contributed by atoms with van der Waals surface area (Å²) in [6, 6.07) is 6.24. The van der Waals surface area contributed by atoms with Crippen molar-refractivity contribution in [2.45, 2.75) is 32.9 Å². The molecule has 3 nitrogen and oxygen atoms in total. The molecule has 1 aromatic carbocycles. The Bertz CT molecular complexity index is 401.